The van der Waals surface area contributed by atoms with Gasteiger partial charge in [-0.25, -0.2) is 4.98 Å². The van der Waals surface area contributed by atoms with Gasteiger partial charge in [-0.2, -0.15) is 0 Å². The van der Waals surface area contributed by atoms with Crippen LogP contribution >= 0.6 is 23.1 Å². The lowest BCUT2D eigenvalue weighted by Gasteiger charge is -2.24. The smallest absolute Gasteiger partial charge is 0.261 e. The maximum Gasteiger partial charge on any atom is 0.261 e. The molecular weight excluding hydrogens is 376 g/mol. The van der Waals surface area contributed by atoms with Gasteiger partial charge >= 0.3 is 0 Å². The van der Waals surface area contributed by atoms with Crippen LogP contribution in [0.1, 0.15) is 30.1 Å². The van der Waals surface area contributed by atoms with E-state index in [0.717, 1.165) is 51.0 Å². The molecule has 1 aliphatic heterocycles. The topological polar surface area (TPSA) is 42.4 Å². The summed E-state index contributed by atoms with van der Waals surface area (Å²) >= 11 is 3.26. The van der Waals surface area contributed by atoms with Crippen molar-refractivity contribution in [3.8, 4) is 0 Å². The lowest BCUT2D eigenvalue weighted by atomic mass is 10.1. The van der Waals surface area contributed by atoms with Crippen molar-refractivity contribution in [3.63, 3.8) is 0 Å². The van der Waals surface area contributed by atoms with Crippen molar-refractivity contribution < 1.29 is 9.53 Å². The largest absolute Gasteiger partial charge is 0.376 e. The zero-order valence-corrected chi connectivity index (χ0v) is 16.9. The molecule has 140 valence electrons. The van der Waals surface area contributed by atoms with Crippen molar-refractivity contribution in [2.75, 3.05) is 23.8 Å². The Morgan fingerprint density at radius 2 is 2.07 bits per heavy atom. The third-order valence-corrected chi connectivity index (χ3v) is 6.60. The molecule has 0 radical (unpaired) electrons. The molecule has 1 aliphatic rings. The number of carbonyl (C=O) groups excluding carboxylic acids is 1. The highest BCUT2D eigenvalue weighted by atomic mass is 32.2. The molecule has 1 saturated heterocycles. The number of aromatic nitrogens is 1. The third kappa shape index (κ3) is 4.03. The number of carbonyl (C=O) groups is 1. The number of hydrogen-bond donors (Lipinski definition) is 0. The van der Waals surface area contributed by atoms with Gasteiger partial charge in [-0.1, -0.05) is 42.5 Å². The average Bonchev–Trinajstić information content (AvgIpc) is 3.35. The van der Waals surface area contributed by atoms with E-state index in [1.165, 1.54) is 0 Å². The van der Waals surface area contributed by atoms with Gasteiger partial charge in [0.25, 0.3) is 5.91 Å². The molecule has 0 aliphatic carbocycles. The molecule has 27 heavy (non-hydrogen) atoms. The van der Waals surface area contributed by atoms with Crippen LogP contribution in [0.4, 0.5) is 5.13 Å². The van der Waals surface area contributed by atoms with Gasteiger partial charge in [0.15, 0.2) is 5.13 Å². The molecule has 1 amide bonds. The van der Waals surface area contributed by atoms with E-state index >= 15 is 0 Å². The number of thiazole rings is 1. The van der Waals surface area contributed by atoms with E-state index in [-0.39, 0.29) is 12.0 Å². The summed E-state index contributed by atoms with van der Waals surface area (Å²) in [6.45, 7) is 3.42. The van der Waals surface area contributed by atoms with Gasteiger partial charge in [-0.15, -0.1) is 11.8 Å². The van der Waals surface area contributed by atoms with Crippen LogP contribution in [0.15, 0.2) is 53.4 Å². The van der Waals surface area contributed by atoms with Crippen molar-refractivity contribution in [1.29, 1.82) is 0 Å². The van der Waals surface area contributed by atoms with Crippen LogP contribution < -0.4 is 4.90 Å². The molecule has 1 unspecified atom stereocenters. The molecule has 0 bridgehead atoms. The molecule has 2 aromatic carbocycles. The van der Waals surface area contributed by atoms with Gasteiger partial charge in [-0.3, -0.25) is 9.69 Å². The minimum absolute atomic E-state index is 0.00102. The Hall–Kier alpha value is -1.89. The minimum Gasteiger partial charge on any atom is -0.376 e. The Bertz CT molecular complexity index is 902. The van der Waals surface area contributed by atoms with Gasteiger partial charge in [-0.05, 0) is 42.9 Å². The highest BCUT2D eigenvalue weighted by molar-refractivity contribution is 7.99. The quantitative estimate of drug-likeness (QED) is 0.533. The summed E-state index contributed by atoms with van der Waals surface area (Å²) in [5, 5.41) is 0.744. The zero-order valence-electron chi connectivity index (χ0n) is 15.3. The van der Waals surface area contributed by atoms with Crippen molar-refractivity contribution in [3.05, 3.63) is 54.1 Å². The van der Waals surface area contributed by atoms with Crippen LogP contribution in [0.2, 0.25) is 0 Å². The van der Waals surface area contributed by atoms with Crippen molar-refractivity contribution in [2.24, 2.45) is 0 Å². The van der Waals surface area contributed by atoms with E-state index in [1.807, 2.05) is 53.4 Å². The zero-order chi connectivity index (χ0) is 18.6. The van der Waals surface area contributed by atoms with Gasteiger partial charge in [0.1, 0.15) is 0 Å². The van der Waals surface area contributed by atoms with E-state index in [2.05, 4.69) is 6.92 Å². The maximum atomic E-state index is 13.5. The van der Waals surface area contributed by atoms with Gasteiger partial charge in [0.05, 0.1) is 28.4 Å². The molecule has 0 spiro atoms. The molecule has 3 aromatic rings. The minimum atomic E-state index is 0.00102. The number of anilines is 1. The second-order valence-electron chi connectivity index (χ2n) is 6.44. The predicted molar refractivity (Wildman–Crippen MR) is 113 cm³/mol. The second kappa shape index (κ2) is 8.42. The molecule has 6 heteroatoms. The maximum absolute atomic E-state index is 13.5. The summed E-state index contributed by atoms with van der Waals surface area (Å²) in [7, 11) is 0. The Kier molecular flexibility index (Phi) is 5.76. The number of rotatable bonds is 6. The van der Waals surface area contributed by atoms with Crippen molar-refractivity contribution in [1.82, 2.24) is 4.98 Å². The van der Waals surface area contributed by atoms with E-state index in [1.54, 1.807) is 23.1 Å². The number of hydrogen-bond acceptors (Lipinski definition) is 5. The van der Waals surface area contributed by atoms with Crippen LogP contribution in [0.3, 0.4) is 0 Å². The molecule has 0 saturated carbocycles. The Balaban J connectivity index is 1.72. The van der Waals surface area contributed by atoms with E-state index < -0.39 is 0 Å². The number of thioether (sulfide) groups is 1. The summed E-state index contributed by atoms with van der Waals surface area (Å²) in [6, 6.07) is 15.9. The molecule has 2 heterocycles. The molecular formula is C21H22N2O2S2. The Morgan fingerprint density at radius 1 is 1.26 bits per heavy atom. The summed E-state index contributed by atoms with van der Waals surface area (Å²) in [5.74, 6) is 0.929. The molecule has 0 N–H and O–H groups in total. The fourth-order valence-electron chi connectivity index (χ4n) is 3.29. The summed E-state index contributed by atoms with van der Waals surface area (Å²) in [4.78, 5) is 21.1. The molecule has 1 atom stereocenters. The van der Waals surface area contributed by atoms with Crippen molar-refractivity contribution >= 4 is 44.4 Å². The Labute approximate surface area is 167 Å². The standard InChI is InChI=1S/C21H22N2O2S2/c1-2-26-18-11-5-3-9-16(18)20(24)23(14-15-8-7-13-25-15)21-22-17-10-4-6-12-19(17)27-21/h3-6,9-12,15H,2,7-8,13-14H2,1H3. The van der Waals surface area contributed by atoms with Gasteiger partial charge < -0.3 is 4.74 Å². The number of amides is 1. The average molecular weight is 399 g/mol. The third-order valence-electron chi connectivity index (χ3n) is 4.59. The highest BCUT2D eigenvalue weighted by Gasteiger charge is 2.28. The lowest BCUT2D eigenvalue weighted by molar-refractivity contribution is 0.0915. The first-order valence-corrected chi connectivity index (χ1v) is 11.1. The summed E-state index contributed by atoms with van der Waals surface area (Å²) < 4.78 is 6.91. The molecule has 1 fully saturated rings. The van der Waals surface area contributed by atoms with Crippen LogP contribution in [0.5, 0.6) is 0 Å². The number of fused-ring (bicyclic) bond motifs is 1. The fourth-order valence-corrected chi connectivity index (χ4v) is 5.06. The van der Waals surface area contributed by atoms with Gasteiger partial charge in [0.2, 0.25) is 0 Å². The second-order valence-corrected chi connectivity index (χ2v) is 8.76. The van der Waals surface area contributed by atoms with E-state index in [4.69, 9.17) is 9.72 Å². The summed E-state index contributed by atoms with van der Waals surface area (Å²) in [5.41, 5.74) is 1.67. The Morgan fingerprint density at radius 3 is 2.85 bits per heavy atom. The number of para-hydroxylation sites is 1. The van der Waals surface area contributed by atoms with Crippen LogP contribution in [-0.4, -0.2) is 35.9 Å². The SMILES string of the molecule is CCSc1ccccc1C(=O)N(CC1CCCO1)c1nc2ccccc2s1. The van der Waals surface area contributed by atoms with E-state index in [0.29, 0.717) is 6.54 Å². The first-order valence-electron chi connectivity index (χ1n) is 9.27. The molecule has 4 rings (SSSR count). The first kappa shape index (κ1) is 18.5. The normalized spacial score (nSPS) is 16.7. The number of benzene rings is 2. The fraction of sp³-hybridized carbons (Fsp3) is 0.333. The highest BCUT2D eigenvalue weighted by Crippen LogP contribution is 2.32. The predicted octanol–water partition coefficient (Wildman–Crippen LogP) is 5.23. The number of ether oxygens (including phenoxy) is 1. The lowest BCUT2D eigenvalue weighted by Crippen LogP contribution is -2.37. The van der Waals surface area contributed by atoms with Crippen molar-refractivity contribution in [2.45, 2.75) is 30.8 Å². The van der Waals surface area contributed by atoms with E-state index in [9.17, 15) is 4.79 Å². The summed E-state index contributed by atoms with van der Waals surface area (Å²) in [6.07, 6.45) is 2.11. The molecule has 1 aromatic heterocycles. The van der Waals surface area contributed by atoms with Crippen LogP contribution in [0, 0.1) is 0 Å². The monoisotopic (exact) mass is 398 g/mol. The first-order chi connectivity index (χ1) is 13.3. The van der Waals surface area contributed by atoms with Gasteiger partial charge in [0, 0.05) is 11.5 Å². The molecule has 4 nitrogen and oxygen atoms in total. The number of nitrogens with zero attached hydrogens (tertiary/aromatic N) is 2. The van der Waals surface area contributed by atoms with Crippen LogP contribution in [0.25, 0.3) is 10.2 Å². The van der Waals surface area contributed by atoms with Crippen LogP contribution in [-0.2, 0) is 4.74 Å².